The van der Waals surface area contributed by atoms with Gasteiger partial charge in [-0.3, -0.25) is 0 Å². The molecule has 3 aromatic rings. The summed E-state index contributed by atoms with van der Waals surface area (Å²) in [6.45, 7) is 8.98. The molecular formula is C25H28BrF2O5PS. The first-order chi connectivity index (χ1) is 16.5. The van der Waals surface area contributed by atoms with Crippen molar-refractivity contribution in [1.82, 2.24) is 0 Å². The highest BCUT2D eigenvalue weighted by Gasteiger charge is 2.48. The van der Waals surface area contributed by atoms with Gasteiger partial charge in [-0.25, -0.2) is 4.79 Å². The predicted octanol–water partition coefficient (Wildman–Crippen LogP) is 8.63. The van der Waals surface area contributed by atoms with Gasteiger partial charge in [-0.2, -0.15) is 8.78 Å². The molecule has 0 aliphatic rings. The minimum absolute atomic E-state index is 0.0953. The summed E-state index contributed by atoms with van der Waals surface area (Å²) in [6, 6.07) is 12.5. The van der Waals surface area contributed by atoms with Crippen LogP contribution in [0.1, 0.15) is 55.4 Å². The second-order valence-corrected chi connectivity index (χ2v) is 11.9. The smallest absolute Gasteiger partial charge is 0.349 e. The summed E-state index contributed by atoms with van der Waals surface area (Å²) < 4.78 is 53.9. The minimum Gasteiger partial charge on any atom is -0.487 e. The Morgan fingerprint density at radius 2 is 1.69 bits per heavy atom. The second kappa shape index (κ2) is 11.6. The number of alkyl halides is 2. The van der Waals surface area contributed by atoms with Crippen LogP contribution in [0.4, 0.5) is 8.78 Å². The Kier molecular flexibility index (Phi) is 9.27. The lowest BCUT2D eigenvalue weighted by molar-refractivity contribution is 0.00692. The van der Waals surface area contributed by atoms with E-state index in [2.05, 4.69) is 15.9 Å². The third-order valence-corrected chi connectivity index (χ3v) is 8.76. The molecule has 0 bridgehead atoms. The molecule has 5 nitrogen and oxygen atoms in total. The van der Waals surface area contributed by atoms with Crippen molar-refractivity contribution in [2.75, 3.05) is 13.2 Å². The molecule has 0 N–H and O–H groups in total. The van der Waals surface area contributed by atoms with Crippen LogP contribution < -0.4 is 4.74 Å². The summed E-state index contributed by atoms with van der Waals surface area (Å²) in [5, 5.41) is 0.430. The van der Waals surface area contributed by atoms with E-state index < -0.39 is 25.6 Å². The summed E-state index contributed by atoms with van der Waals surface area (Å²) in [5.74, 6) is -0.252. The van der Waals surface area contributed by atoms with E-state index in [1.807, 2.05) is 30.3 Å². The number of halogens is 3. The second-order valence-electron chi connectivity index (χ2n) is 8.51. The van der Waals surface area contributed by atoms with Crippen LogP contribution in [0.15, 0.2) is 46.9 Å². The number of ether oxygens (including phenoxy) is 2. The monoisotopic (exact) mass is 588 g/mol. The molecule has 0 aliphatic carbocycles. The first-order valence-electron chi connectivity index (χ1n) is 11.1. The van der Waals surface area contributed by atoms with Gasteiger partial charge in [0.15, 0.2) is 0 Å². The molecule has 0 spiro atoms. The summed E-state index contributed by atoms with van der Waals surface area (Å²) >= 11 is 4.24. The highest BCUT2D eigenvalue weighted by molar-refractivity contribution is 9.10. The molecule has 0 saturated heterocycles. The predicted molar refractivity (Wildman–Crippen MR) is 140 cm³/mol. The number of fused-ring (bicyclic) bond motifs is 1. The summed E-state index contributed by atoms with van der Waals surface area (Å²) in [6.07, 6.45) is 0. The van der Waals surface area contributed by atoms with Gasteiger partial charge in [0.2, 0.25) is 0 Å². The van der Waals surface area contributed by atoms with Crippen molar-refractivity contribution in [3.63, 3.8) is 0 Å². The molecule has 3 rings (SSSR count). The Balaban J connectivity index is 2.12. The zero-order valence-electron chi connectivity index (χ0n) is 20.2. The van der Waals surface area contributed by atoms with Gasteiger partial charge in [0, 0.05) is 9.86 Å². The lowest BCUT2D eigenvalue weighted by Crippen LogP contribution is -2.23. The SMILES string of the molecule is CCOP(OCC)C(F)(F)c1sc2c(OCc3ccccc3)cc(C(=O)OC(C)(C)C)cc2c1Br. The minimum atomic E-state index is -3.38. The molecule has 35 heavy (non-hydrogen) atoms. The number of benzene rings is 2. The molecule has 1 aromatic heterocycles. The molecule has 0 fully saturated rings. The fraction of sp³-hybridized carbons (Fsp3) is 0.400. The van der Waals surface area contributed by atoms with Gasteiger partial charge in [-0.15, -0.1) is 11.3 Å². The van der Waals surface area contributed by atoms with Gasteiger partial charge in [-0.05, 0) is 68.2 Å². The zero-order valence-corrected chi connectivity index (χ0v) is 23.5. The largest absolute Gasteiger partial charge is 0.487 e. The van der Waals surface area contributed by atoms with Crippen molar-refractivity contribution in [3.05, 3.63) is 62.9 Å². The lowest BCUT2D eigenvalue weighted by atomic mass is 10.1. The number of esters is 1. The molecule has 0 aliphatic heterocycles. The first kappa shape index (κ1) is 27.9. The maximum absolute atomic E-state index is 15.6. The van der Waals surface area contributed by atoms with E-state index in [0.29, 0.717) is 15.8 Å². The van der Waals surface area contributed by atoms with Gasteiger partial charge in [-0.1, -0.05) is 30.3 Å². The van der Waals surface area contributed by atoms with Crippen LogP contribution in [0.3, 0.4) is 0 Å². The summed E-state index contributed by atoms with van der Waals surface area (Å²) in [4.78, 5) is 12.6. The number of thiophene rings is 1. The van der Waals surface area contributed by atoms with Crippen molar-refractivity contribution in [2.24, 2.45) is 0 Å². The third-order valence-electron chi connectivity index (χ3n) is 4.56. The first-order valence-corrected chi connectivity index (χ1v) is 13.9. The molecule has 10 heteroatoms. The van der Waals surface area contributed by atoms with Crippen molar-refractivity contribution in [1.29, 1.82) is 0 Å². The van der Waals surface area contributed by atoms with E-state index in [4.69, 9.17) is 18.5 Å². The standard InChI is InChI=1S/C25H28BrF2O5PS/c1-6-31-34(32-7-2)25(27,28)22-20(26)18-13-17(23(29)33-24(3,4)5)14-19(21(18)35-22)30-15-16-11-9-8-10-12-16/h8-14H,6-7,15H2,1-5H3. The van der Waals surface area contributed by atoms with Crippen molar-refractivity contribution >= 4 is 51.7 Å². The van der Waals surface area contributed by atoms with Crippen molar-refractivity contribution in [3.8, 4) is 5.75 Å². The highest BCUT2D eigenvalue weighted by Crippen LogP contribution is 2.63. The molecule has 0 radical (unpaired) electrons. The van der Waals surface area contributed by atoms with E-state index in [-0.39, 0.29) is 34.7 Å². The van der Waals surface area contributed by atoms with Crippen LogP contribution >= 0.6 is 35.6 Å². The van der Waals surface area contributed by atoms with Crippen LogP contribution in [0.25, 0.3) is 10.1 Å². The van der Waals surface area contributed by atoms with Crippen LogP contribution in [-0.4, -0.2) is 24.8 Å². The molecule has 0 saturated carbocycles. The Morgan fingerprint density at radius 3 is 2.26 bits per heavy atom. The number of hydrogen-bond acceptors (Lipinski definition) is 6. The molecule has 0 atom stereocenters. The van der Waals surface area contributed by atoms with Gasteiger partial charge in [0.25, 0.3) is 8.38 Å². The quantitative estimate of drug-likeness (QED) is 0.175. The Morgan fingerprint density at radius 1 is 1.06 bits per heavy atom. The zero-order chi connectivity index (χ0) is 25.8. The number of rotatable bonds is 10. The molecule has 190 valence electrons. The lowest BCUT2D eigenvalue weighted by Gasteiger charge is -2.24. The topological polar surface area (TPSA) is 54.0 Å². The maximum Gasteiger partial charge on any atom is 0.349 e. The normalized spacial score (nSPS) is 12.4. The molecule has 0 unspecified atom stereocenters. The number of carbonyl (C=O) groups is 1. The molecule has 2 aromatic carbocycles. The van der Waals surface area contributed by atoms with Gasteiger partial charge < -0.3 is 18.5 Å². The number of carbonyl (C=O) groups excluding carboxylic acids is 1. The van der Waals surface area contributed by atoms with Crippen molar-refractivity contribution in [2.45, 2.75) is 52.5 Å². The van der Waals surface area contributed by atoms with Crippen LogP contribution in [-0.2, 0) is 26.1 Å². The highest BCUT2D eigenvalue weighted by atomic mass is 79.9. The average Bonchev–Trinajstić information content (AvgIpc) is 3.14. The fourth-order valence-electron chi connectivity index (χ4n) is 3.15. The Labute approximate surface area is 217 Å². The maximum atomic E-state index is 15.6. The molecule has 1 heterocycles. The van der Waals surface area contributed by atoms with Crippen LogP contribution in [0.2, 0.25) is 0 Å². The van der Waals surface area contributed by atoms with Crippen LogP contribution in [0, 0.1) is 0 Å². The van der Waals surface area contributed by atoms with E-state index in [1.165, 1.54) is 6.07 Å². The Hall–Kier alpha value is -1.64. The summed E-state index contributed by atoms with van der Waals surface area (Å²) in [7, 11) is -2.51. The van der Waals surface area contributed by atoms with E-state index >= 15 is 8.78 Å². The van der Waals surface area contributed by atoms with Crippen molar-refractivity contribution < 1.29 is 32.1 Å². The Bertz CT molecular complexity index is 1160. The molecule has 0 amide bonds. The van der Waals surface area contributed by atoms with Gasteiger partial charge in [0.1, 0.15) is 18.0 Å². The average molecular weight is 589 g/mol. The van der Waals surface area contributed by atoms with E-state index in [0.717, 1.165) is 16.9 Å². The van der Waals surface area contributed by atoms with Crippen LogP contribution in [0.5, 0.6) is 5.75 Å². The van der Waals surface area contributed by atoms with E-state index in [1.54, 1.807) is 40.7 Å². The number of hydrogen-bond donors (Lipinski definition) is 0. The van der Waals surface area contributed by atoms with Gasteiger partial charge in [0.05, 0.1) is 28.4 Å². The van der Waals surface area contributed by atoms with Gasteiger partial charge >= 0.3 is 11.6 Å². The van der Waals surface area contributed by atoms with E-state index in [9.17, 15) is 4.79 Å². The third kappa shape index (κ3) is 6.77. The fourth-order valence-corrected chi connectivity index (χ4v) is 6.76. The molecular weight excluding hydrogens is 561 g/mol. The summed E-state index contributed by atoms with van der Waals surface area (Å²) in [5.41, 5.74) is -2.99.